The van der Waals surface area contributed by atoms with Crippen molar-refractivity contribution in [2.45, 2.75) is 66.7 Å². The first kappa shape index (κ1) is 36.6. The van der Waals surface area contributed by atoms with E-state index >= 15 is 0 Å². The number of carboxylic acid groups (broad SMARTS) is 3. The van der Waals surface area contributed by atoms with Crippen molar-refractivity contribution in [3.05, 3.63) is 0 Å². The molecule has 0 saturated carbocycles. The summed E-state index contributed by atoms with van der Waals surface area (Å²) in [5.74, 6) is -6.83. The van der Waals surface area contributed by atoms with Crippen LogP contribution in [0.25, 0.3) is 0 Å². The van der Waals surface area contributed by atoms with Crippen molar-refractivity contribution < 1.29 is 75.0 Å². The number of unbranched alkanes of at least 4 members (excludes halogenated alkanes) is 1. The summed E-state index contributed by atoms with van der Waals surface area (Å²) in [7, 11) is 0. The molecule has 2 unspecified atom stereocenters. The molecule has 0 amide bonds. The van der Waals surface area contributed by atoms with Crippen LogP contribution in [0.3, 0.4) is 0 Å². The zero-order valence-corrected chi connectivity index (χ0v) is 21.1. The Labute approximate surface area is 201 Å². The zero-order chi connectivity index (χ0) is 24.3. The number of carboxylic acids is 3. The molecule has 0 aliphatic carbocycles. The Morgan fingerprint density at radius 1 is 0.774 bits per heavy atom. The summed E-state index contributed by atoms with van der Waals surface area (Å²) in [5, 5.41) is 30.0. The van der Waals surface area contributed by atoms with Crippen LogP contribution in [0.2, 0.25) is 0 Å². The normalized spacial score (nSPS) is 11.1. The third kappa shape index (κ3) is 24.4. The molecule has 11 heteroatoms. The summed E-state index contributed by atoms with van der Waals surface area (Å²) < 4.78 is 4.90. The van der Waals surface area contributed by atoms with Crippen LogP contribution in [-0.2, 0) is 59.7 Å². The molecule has 31 heavy (non-hydrogen) atoms. The van der Waals surface area contributed by atoms with Crippen LogP contribution in [0.1, 0.15) is 66.7 Å². The van der Waals surface area contributed by atoms with Gasteiger partial charge in [0.05, 0.1) is 23.8 Å². The van der Waals surface area contributed by atoms with E-state index in [9.17, 15) is 44.1 Å². The Hall–Kier alpha value is -1.74. The minimum Gasteiger partial charge on any atom is -0.550 e. The van der Waals surface area contributed by atoms with E-state index in [2.05, 4.69) is 0 Å². The Kier molecular flexibility index (Phi) is 27.1. The monoisotopic (exact) mass is 521 g/mol. The van der Waals surface area contributed by atoms with E-state index < -0.39 is 41.9 Å². The average molecular weight is 523 g/mol. The second-order valence-electron chi connectivity index (χ2n) is 6.27. The summed E-state index contributed by atoms with van der Waals surface area (Å²) >= 11 is 0. The number of Topliss-reactive ketones (excluding diaryl/α,β-unsaturated/α-hetero) is 3. The molecule has 0 aromatic rings. The molecule has 0 fully saturated rings. The number of ketones is 3. The van der Waals surface area contributed by atoms with Crippen LogP contribution in [-0.4, -0.2) is 48.5 Å². The van der Waals surface area contributed by atoms with E-state index in [1.165, 1.54) is 13.8 Å². The number of carbonyl (C=O) groups is 6. The Morgan fingerprint density at radius 3 is 1.35 bits per heavy atom. The minimum absolute atomic E-state index is 0. The summed E-state index contributed by atoms with van der Waals surface area (Å²) in [4.78, 5) is 61.5. The van der Waals surface area contributed by atoms with E-state index in [-0.39, 0.29) is 44.4 Å². The molecule has 0 rings (SSSR count). The Bertz CT molecular complexity index is 514. The van der Waals surface area contributed by atoms with Crippen LogP contribution >= 0.6 is 0 Å². The van der Waals surface area contributed by atoms with E-state index in [1.54, 1.807) is 13.8 Å². The molecule has 0 radical (unpaired) electrons. The summed E-state index contributed by atoms with van der Waals surface area (Å²) in [6.07, 6.45) is 1.97. The van der Waals surface area contributed by atoms with Crippen molar-refractivity contribution in [3.63, 3.8) is 0 Å². The van der Waals surface area contributed by atoms with E-state index in [0.717, 1.165) is 12.8 Å². The molecular formula is C20H31O10Zr-. The molecule has 0 aromatic carbocycles. The molecule has 0 aromatic heterocycles. The third-order valence-corrected chi connectivity index (χ3v) is 3.61. The smallest absolute Gasteiger partial charge is 0.550 e. The fraction of sp³-hybridized carbons (Fsp3) is 0.700. The summed E-state index contributed by atoms with van der Waals surface area (Å²) in [6.45, 7) is 8.19. The van der Waals surface area contributed by atoms with Gasteiger partial charge in [0.25, 0.3) is 0 Å². The molecular weight excluding hydrogens is 491 g/mol. The Morgan fingerprint density at radius 2 is 1.16 bits per heavy atom. The van der Waals surface area contributed by atoms with Crippen molar-refractivity contribution in [1.29, 1.82) is 0 Å². The predicted molar refractivity (Wildman–Crippen MR) is 99.3 cm³/mol. The minimum atomic E-state index is -1.35. The van der Waals surface area contributed by atoms with Gasteiger partial charge in [0.15, 0.2) is 5.78 Å². The largest absolute Gasteiger partial charge is 2.00 e. The SMILES string of the molecule is CCC(C(C)=O)C(=O)[O-].CCC(C(C)=O)C(=O)[O-].CCCCOCC(=O)CC(=O)[O-].[Zr+2]. The van der Waals surface area contributed by atoms with Crippen LogP contribution in [0.4, 0.5) is 0 Å². The van der Waals surface area contributed by atoms with Gasteiger partial charge in [-0.3, -0.25) is 14.4 Å². The molecule has 176 valence electrons. The first-order chi connectivity index (χ1) is 13.8. The van der Waals surface area contributed by atoms with Crippen LogP contribution in [0.15, 0.2) is 0 Å². The van der Waals surface area contributed by atoms with Crippen LogP contribution in [0.5, 0.6) is 0 Å². The predicted octanol–water partition coefficient (Wildman–Crippen LogP) is -1.79. The summed E-state index contributed by atoms with van der Waals surface area (Å²) in [5.41, 5.74) is 0. The van der Waals surface area contributed by atoms with Gasteiger partial charge in [-0.15, -0.1) is 0 Å². The molecule has 0 aliphatic rings. The van der Waals surface area contributed by atoms with Gasteiger partial charge in [0.2, 0.25) is 0 Å². The van der Waals surface area contributed by atoms with Gasteiger partial charge < -0.3 is 34.4 Å². The molecule has 0 spiro atoms. The fourth-order valence-electron chi connectivity index (χ4n) is 1.88. The van der Waals surface area contributed by atoms with Crippen molar-refractivity contribution in [1.82, 2.24) is 0 Å². The number of aliphatic carboxylic acids is 3. The van der Waals surface area contributed by atoms with Crippen LogP contribution in [0, 0.1) is 11.8 Å². The van der Waals surface area contributed by atoms with E-state index in [1.807, 2.05) is 6.92 Å². The molecule has 0 bridgehead atoms. The number of hydrogen-bond acceptors (Lipinski definition) is 10. The Balaban J connectivity index is -0.000000176. The van der Waals surface area contributed by atoms with Crippen molar-refractivity contribution in [2.24, 2.45) is 11.8 Å². The number of ether oxygens (including phenoxy) is 1. The first-order valence-corrected chi connectivity index (χ1v) is 9.57. The van der Waals surface area contributed by atoms with Crippen molar-refractivity contribution in [2.75, 3.05) is 13.2 Å². The molecule has 10 nitrogen and oxygen atoms in total. The van der Waals surface area contributed by atoms with E-state index in [4.69, 9.17) is 4.74 Å². The maximum absolute atomic E-state index is 10.7. The standard InChI is InChI=1S/C8H14O4.2C6H10O3.Zr/c1-2-3-4-12-6-7(9)5-8(10)11;2*1-3-5(4(2)7)6(8)9;/h2-6H2,1H3,(H,10,11);2*5H,3H2,1-2H3,(H,8,9);/q;;;+2/p-3. The number of rotatable bonds is 13. The topological polar surface area (TPSA) is 181 Å². The molecule has 0 N–H and O–H groups in total. The van der Waals surface area contributed by atoms with Gasteiger partial charge in [-0.2, -0.15) is 0 Å². The maximum Gasteiger partial charge on any atom is 2.00 e. The van der Waals surface area contributed by atoms with Gasteiger partial charge in [-0.25, -0.2) is 0 Å². The van der Waals surface area contributed by atoms with Gasteiger partial charge in [-0.1, -0.05) is 27.2 Å². The first-order valence-electron chi connectivity index (χ1n) is 9.57. The van der Waals surface area contributed by atoms with Crippen LogP contribution < -0.4 is 15.3 Å². The number of hydrogen-bond donors (Lipinski definition) is 0. The molecule has 0 aliphatic heterocycles. The molecule has 0 heterocycles. The second kappa shape index (κ2) is 22.9. The quantitative estimate of drug-likeness (QED) is 0.198. The van der Waals surface area contributed by atoms with Gasteiger partial charge in [0, 0.05) is 19.0 Å². The molecule has 2 atom stereocenters. The number of carbonyl (C=O) groups excluding carboxylic acids is 6. The van der Waals surface area contributed by atoms with Crippen molar-refractivity contribution in [3.8, 4) is 0 Å². The zero-order valence-electron chi connectivity index (χ0n) is 18.7. The van der Waals surface area contributed by atoms with Crippen molar-refractivity contribution >= 4 is 35.3 Å². The van der Waals surface area contributed by atoms with Gasteiger partial charge in [0.1, 0.15) is 18.2 Å². The van der Waals surface area contributed by atoms with Gasteiger partial charge >= 0.3 is 26.2 Å². The van der Waals surface area contributed by atoms with Gasteiger partial charge in [-0.05, 0) is 33.1 Å². The summed E-state index contributed by atoms with van der Waals surface area (Å²) in [6, 6.07) is 0. The molecule has 0 saturated heterocycles. The van der Waals surface area contributed by atoms with E-state index in [0.29, 0.717) is 19.4 Å². The third-order valence-electron chi connectivity index (χ3n) is 3.61. The fourth-order valence-corrected chi connectivity index (χ4v) is 1.88. The maximum atomic E-state index is 10.7. The average Bonchev–Trinajstić information content (AvgIpc) is 2.59. The second-order valence-corrected chi connectivity index (χ2v) is 6.27.